The molecule has 1 aromatic heterocycles. The Bertz CT molecular complexity index is 553. The van der Waals surface area contributed by atoms with Crippen molar-refractivity contribution in [2.75, 3.05) is 0 Å². The third-order valence-corrected chi connectivity index (χ3v) is 3.45. The second kappa shape index (κ2) is 3.32. The first-order valence-electron chi connectivity index (χ1n) is 5.71. The highest BCUT2D eigenvalue weighted by Gasteiger charge is 2.28. The summed E-state index contributed by atoms with van der Waals surface area (Å²) in [5, 5.41) is 1.01. The van der Waals surface area contributed by atoms with E-state index >= 15 is 0 Å². The summed E-state index contributed by atoms with van der Waals surface area (Å²) in [4.78, 5) is 0. The van der Waals surface area contributed by atoms with E-state index in [2.05, 4.69) is 4.57 Å². The highest BCUT2D eigenvalue weighted by molar-refractivity contribution is 5.85. The van der Waals surface area contributed by atoms with E-state index in [-0.39, 0.29) is 5.82 Å². The van der Waals surface area contributed by atoms with Gasteiger partial charge in [0.15, 0.2) is 0 Å². The van der Waals surface area contributed by atoms with Crippen molar-refractivity contribution in [2.24, 2.45) is 5.73 Å². The molecule has 2 aromatic rings. The number of nitrogens with two attached hydrogens (primary N) is 1. The van der Waals surface area contributed by atoms with Gasteiger partial charge in [-0.15, -0.1) is 0 Å². The number of fused-ring (bicyclic) bond motifs is 1. The number of nitrogens with zero attached hydrogens (tertiary/aromatic N) is 1. The summed E-state index contributed by atoms with van der Waals surface area (Å²) < 4.78 is 15.5. The number of aryl methyl sites for hydroxylation is 1. The van der Waals surface area contributed by atoms with E-state index in [1.54, 1.807) is 6.07 Å². The molecule has 0 atom stereocenters. The van der Waals surface area contributed by atoms with Gasteiger partial charge in [-0.25, -0.2) is 4.39 Å². The van der Waals surface area contributed by atoms with E-state index in [1.165, 1.54) is 18.9 Å². The third kappa shape index (κ3) is 1.28. The van der Waals surface area contributed by atoms with Crippen LogP contribution in [0.1, 0.15) is 30.1 Å². The van der Waals surface area contributed by atoms with Crippen LogP contribution in [-0.4, -0.2) is 4.57 Å². The van der Waals surface area contributed by atoms with Crippen LogP contribution in [0.2, 0.25) is 0 Å². The summed E-state index contributed by atoms with van der Waals surface area (Å²) in [6.45, 7) is 2.56. The molecule has 0 radical (unpaired) electrons. The number of aromatic nitrogens is 1. The average Bonchev–Trinajstić information content (AvgIpc) is 3.06. The van der Waals surface area contributed by atoms with Crippen molar-refractivity contribution >= 4 is 10.9 Å². The molecule has 0 spiro atoms. The summed E-state index contributed by atoms with van der Waals surface area (Å²) in [6, 6.07) is 5.60. The second-order valence-electron chi connectivity index (χ2n) is 4.54. The van der Waals surface area contributed by atoms with E-state index in [4.69, 9.17) is 5.73 Å². The van der Waals surface area contributed by atoms with Crippen molar-refractivity contribution < 1.29 is 4.39 Å². The molecule has 1 fully saturated rings. The van der Waals surface area contributed by atoms with Gasteiger partial charge in [0.2, 0.25) is 0 Å². The SMILES string of the molecule is Cc1c(CN)n(C2CC2)c2ccc(F)cc12. The van der Waals surface area contributed by atoms with Crippen LogP contribution < -0.4 is 5.73 Å². The molecule has 1 saturated carbocycles. The Labute approximate surface area is 93.9 Å². The summed E-state index contributed by atoms with van der Waals surface area (Å²) >= 11 is 0. The third-order valence-electron chi connectivity index (χ3n) is 3.45. The Kier molecular flexibility index (Phi) is 2.04. The maximum absolute atomic E-state index is 13.2. The Morgan fingerprint density at radius 2 is 2.19 bits per heavy atom. The lowest BCUT2D eigenvalue weighted by atomic mass is 10.1. The van der Waals surface area contributed by atoms with Crippen molar-refractivity contribution in [3.63, 3.8) is 0 Å². The lowest BCUT2D eigenvalue weighted by Crippen LogP contribution is -2.06. The van der Waals surface area contributed by atoms with Crippen LogP contribution in [0, 0.1) is 12.7 Å². The van der Waals surface area contributed by atoms with Crippen LogP contribution in [0.4, 0.5) is 4.39 Å². The van der Waals surface area contributed by atoms with Crippen molar-refractivity contribution in [2.45, 2.75) is 32.4 Å². The normalized spacial score (nSPS) is 15.9. The van der Waals surface area contributed by atoms with Gasteiger partial charge in [0.05, 0.1) is 0 Å². The minimum atomic E-state index is -0.174. The highest BCUT2D eigenvalue weighted by atomic mass is 19.1. The van der Waals surface area contributed by atoms with Gasteiger partial charge in [0.25, 0.3) is 0 Å². The molecule has 0 unspecified atom stereocenters. The molecule has 2 nitrogen and oxygen atoms in total. The standard InChI is InChI=1S/C13H15FN2/c1-8-11-6-9(14)2-5-12(11)16(10-3-4-10)13(8)7-15/h2,5-6,10H,3-4,7,15H2,1H3. The first-order valence-corrected chi connectivity index (χ1v) is 5.71. The monoisotopic (exact) mass is 218 g/mol. The molecule has 1 aliphatic rings. The van der Waals surface area contributed by atoms with Gasteiger partial charge >= 0.3 is 0 Å². The molecule has 0 bridgehead atoms. The molecular formula is C13H15FN2. The van der Waals surface area contributed by atoms with Gasteiger partial charge in [0, 0.05) is 29.2 Å². The van der Waals surface area contributed by atoms with E-state index in [1.807, 2.05) is 13.0 Å². The van der Waals surface area contributed by atoms with Gasteiger partial charge in [-0.1, -0.05) is 0 Å². The maximum Gasteiger partial charge on any atom is 0.123 e. The molecule has 84 valence electrons. The molecule has 2 N–H and O–H groups in total. The number of halogens is 1. The van der Waals surface area contributed by atoms with Crippen LogP contribution >= 0.6 is 0 Å². The minimum absolute atomic E-state index is 0.174. The Morgan fingerprint density at radius 3 is 2.81 bits per heavy atom. The zero-order valence-corrected chi connectivity index (χ0v) is 9.33. The fraction of sp³-hybridized carbons (Fsp3) is 0.385. The van der Waals surface area contributed by atoms with E-state index in [0.29, 0.717) is 12.6 Å². The molecule has 0 saturated heterocycles. The van der Waals surface area contributed by atoms with E-state index < -0.39 is 0 Å². The first-order chi connectivity index (χ1) is 7.72. The molecule has 16 heavy (non-hydrogen) atoms. The van der Waals surface area contributed by atoms with Crippen LogP contribution in [0.15, 0.2) is 18.2 Å². The quantitative estimate of drug-likeness (QED) is 0.825. The van der Waals surface area contributed by atoms with E-state index in [9.17, 15) is 4.39 Å². The number of rotatable bonds is 2. The zero-order chi connectivity index (χ0) is 11.3. The minimum Gasteiger partial charge on any atom is -0.340 e. The largest absolute Gasteiger partial charge is 0.340 e. The Morgan fingerprint density at radius 1 is 1.44 bits per heavy atom. The van der Waals surface area contributed by atoms with Gasteiger partial charge in [-0.3, -0.25) is 0 Å². The predicted molar refractivity (Wildman–Crippen MR) is 62.8 cm³/mol. The predicted octanol–water partition coefficient (Wildman–Crippen LogP) is 2.88. The summed E-state index contributed by atoms with van der Waals surface area (Å²) in [5.41, 5.74) is 9.22. The van der Waals surface area contributed by atoms with Crippen molar-refractivity contribution in [3.8, 4) is 0 Å². The lowest BCUT2D eigenvalue weighted by molar-refractivity contribution is 0.629. The molecule has 1 heterocycles. The van der Waals surface area contributed by atoms with Crippen LogP contribution in [0.25, 0.3) is 10.9 Å². The van der Waals surface area contributed by atoms with Gasteiger partial charge in [-0.05, 0) is 43.5 Å². The lowest BCUT2D eigenvalue weighted by Gasteiger charge is -2.07. The number of hydrogen-bond donors (Lipinski definition) is 1. The molecule has 3 heteroatoms. The van der Waals surface area contributed by atoms with Crippen LogP contribution in [0.3, 0.4) is 0 Å². The summed E-state index contributed by atoms with van der Waals surface area (Å²) in [6.07, 6.45) is 2.43. The van der Waals surface area contributed by atoms with Crippen molar-refractivity contribution in [3.05, 3.63) is 35.3 Å². The second-order valence-corrected chi connectivity index (χ2v) is 4.54. The Hall–Kier alpha value is -1.35. The van der Waals surface area contributed by atoms with Crippen molar-refractivity contribution in [1.82, 2.24) is 4.57 Å². The first kappa shape index (κ1) is 9.85. The molecule has 0 aliphatic heterocycles. The van der Waals surface area contributed by atoms with Crippen LogP contribution in [-0.2, 0) is 6.54 Å². The summed E-state index contributed by atoms with van der Waals surface area (Å²) in [7, 11) is 0. The molecule has 1 aromatic carbocycles. The van der Waals surface area contributed by atoms with Gasteiger partial charge in [0.1, 0.15) is 5.82 Å². The topological polar surface area (TPSA) is 30.9 Å². The number of hydrogen-bond acceptors (Lipinski definition) is 1. The van der Waals surface area contributed by atoms with Crippen molar-refractivity contribution in [1.29, 1.82) is 0 Å². The average molecular weight is 218 g/mol. The smallest absolute Gasteiger partial charge is 0.123 e. The molecule has 3 rings (SSSR count). The molecule has 1 aliphatic carbocycles. The highest BCUT2D eigenvalue weighted by Crippen LogP contribution is 2.41. The number of benzene rings is 1. The maximum atomic E-state index is 13.2. The van der Waals surface area contributed by atoms with Crippen LogP contribution in [0.5, 0.6) is 0 Å². The Balaban J connectivity index is 2.36. The van der Waals surface area contributed by atoms with E-state index in [0.717, 1.165) is 22.2 Å². The molecular weight excluding hydrogens is 203 g/mol. The fourth-order valence-electron chi connectivity index (χ4n) is 2.50. The van der Waals surface area contributed by atoms with Gasteiger partial charge < -0.3 is 10.3 Å². The molecule has 0 amide bonds. The summed E-state index contributed by atoms with van der Waals surface area (Å²) in [5.74, 6) is -0.174. The zero-order valence-electron chi connectivity index (χ0n) is 9.33. The fourth-order valence-corrected chi connectivity index (χ4v) is 2.50. The van der Waals surface area contributed by atoms with Gasteiger partial charge in [-0.2, -0.15) is 0 Å².